The van der Waals surface area contributed by atoms with Gasteiger partial charge in [0, 0.05) is 0 Å². The minimum atomic E-state index is 0.0488. The first kappa shape index (κ1) is 25.1. The third kappa shape index (κ3) is 11.0. The summed E-state index contributed by atoms with van der Waals surface area (Å²) in [6.45, 7) is 7.26. The summed E-state index contributed by atoms with van der Waals surface area (Å²) in [6, 6.07) is 0. The molecule has 1 aliphatic carbocycles. The molecule has 158 valence electrons. The lowest BCUT2D eigenvalue weighted by atomic mass is 9.48. The van der Waals surface area contributed by atoms with E-state index in [-0.39, 0.29) is 10.7 Å². The second kappa shape index (κ2) is 15.0. The molecule has 0 amide bonds. The van der Waals surface area contributed by atoms with Gasteiger partial charge < -0.3 is 0 Å². The van der Waals surface area contributed by atoms with Crippen LogP contribution in [0.15, 0.2) is 0 Å². The summed E-state index contributed by atoms with van der Waals surface area (Å²) >= 11 is 0. The maximum absolute atomic E-state index is 7.18. The topological polar surface area (TPSA) is 0 Å². The predicted molar refractivity (Wildman–Crippen MR) is 125 cm³/mol. The van der Waals surface area contributed by atoms with Gasteiger partial charge in [0.2, 0.25) is 0 Å². The Bertz CT molecular complexity index is 335. The fourth-order valence-electron chi connectivity index (χ4n) is 5.05. The first-order valence-electron chi connectivity index (χ1n) is 12.8. The first-order chi connectivity index (χ1) is 13.0. The van der Waals surface area contributed by atoms with Gasteiger partial charge in [0.05, 0.1) is 7.85 Å². The zero-order valence-electron chi connectivity index (χ0n) is 19.4. The predicted octanol–water partition coefficient (Wildman–Crippen LogP) is 9.57. The molecule has 1 saturated carbocycles. The Morgan fingerprint density at radius 2 is 0.963 bits per heavy atom. The van der Waals surface area contributed by atoms with Crippen LogP contribution in [0.1, 0.15) is 156 Å². The maximum atomic E-state index is 7.18. The number of rotatable bonds is 6. The molecule has 0 aromatic rings. The average molecular weight is 375 g/mol. The quantitative estimate of drug-likeness (QED) is 0.321. The summed E-state index contributed by atoms with van der Waals surface area (Å²) in [5.74, 6) is 0. The zero-order chi connectivity index (χ0) is 19.8. The number of hydrogen-bond acceptors (Lipinski definition) is 0. The van der Waals surface area contributed by atoms with E-state index in [1.54, 1.807) is 0 Å². The highest BCUT2D eigenvalue weighted by Crippen LogP contribution is 2.53. The van der Waals surface area contributed by atoms with Crippen molar-refractivity contribution in [2.24, 2.45) is 5.41 Å². The first-order valence-corrected chi connectivity index (χ1v) is 12.8. The van der Waals surface area contributed by atoms with E-state index in [1.165, 1.54) is 135 Å². The van der Waals surface area contributed by atoms with Crippen LogP contribution in [-0.4, -0.2) is 7.85 Å². The summed E-state index contributed by atoms with van der Waals surface area (Å²) in [7, 11) is 7.18. The number of unbranched alkanes of at least 4 members (excludes halogenated alkanes) is 4. The minimum Gasteiger partial charge on any atom is -0.0654 e. The van der Waals surface area contributed by atoms with E-state index in [1.807, 2.05) is 0 Å². The fraction of sp³-hybridized carbons (Fsp3) is 1.00. The van der Waals surface area contributed by atoms with Crippen LogP contribution in [0.2, 0.25) is 5.31 Å². The normalized spacial score (nSPS) is 27.1. The average Bonchev–Trinajstić information content (AvgIpc) is 2.64. The third-order valence-electron chi connectivity index (χ3n) is 7.50. The lowest BCUT2D eigenvalue weighted by Gasteiger charge is -2.46. The molecular weight excluding hydrogens is 323 g/mol. The van der Waals surface area contributed by atoms with Crippen LogP contribution < -0.4 is 0 Å². The molecule has 0 spiro atoms. The molecule has 0 heterocycles. The third-order valence-corrected chi connectivity index (χ3v) is 7.50. The fourth-order valence-corrected chi connectivity index (χ4v) is 5.05. The van der Waals surface area contributed by atoms with Crippen molar-refractivity contribution in [1.29, 1.82) is 0 Å². The van der Waals surface area contributed by atoms with E-state index in [2.05, 4.69) is 20.8 Å². The van der Waals surface area contributed by atoms with Crippen LogP contribution in [0.5, 0.6) is 0 Å². The number of hydrogen-bond donors (Lipinski definition) is 0. The van der Waals surface area contributed by atoms with Crippen LogP contribution in [0, 0.1) is 5.41 Å². The van der Waals surface area contributed by atoms with Gasteiger partial charge in [0.15, 0.2) is 0 Å². The molecule has 1 rings (SSSR count). The second-order valence-corrected chi connectivity index (χ2v) is 10.3. The van der Waals surface area contributed by atoms with Gasteiger partial charge >= 0.3 is 0 Å². The summed E-state index contributed by atoms with van der Waals surface area (Å²) in [6.07, 6.45) is 29.2. The Hall–Kier alpha value is 0.0649. The molecule has 0 aliphatic heterocycles. The van der Waals surface area contributed by atoms with Crippen molar-refractivity contribution in [3.63, 3.8) is 0 Å². The van der Waals surface area contributed by atoms with E-state index < -0.39 is 0 Å². The van der Waals surface area contributed by atoms with Crippen LogP contribution in [-0.2, 0) is 0 Å². The van der Waals surface area contributed by atoms with Crippen LogP contribution in [0.3, 0.4) is 0 Å². The van der Waals surface area contributed by atoms with Crippen molar-refractivity contribution in [1.82, 2.24) is 0 Å². The van der Waals surface area contributed by atoms with E-state index >= 15 is 0 Å². The van der Waals surface area contributed by atoms with Gasteiger partial charge in [0.1, 0.15) is 0 Å². The molecule has 2 radical (unpaired) electrons. The Balaban J connectivity index is 2.57. The van der Waals surface area contributed by atoms with Crippen molar-refractivity contribution in [3.8, 4) is 0 Å². The molecule has 1 aliphatic rings. The van der Waals surface area contributed by atoms with Gasteiger partial charge in [-0.1, -0.05) is 155 Å². The molecular formula is C26H51B. The van der Waals surface area contributed by atoms with E-state index in [4.69, 9.17) is 7.85 Å². The Kier molecular flexibility index (Phi) is 13.9. The lowest BCUT2D eigenvalue weighted by Crippen LogP contribution is -2.32. The van der Waals surface area contributed by atoms with Crippen LogP contribution in [0.4, 0.5) is 0 Å². The maximum Gasteiger partial charge on any atom is 0.0753 e. The summed E-state index contributed by atoms with van der Waals surface area (Å²) < 4.78 is 0. The molecule has 1 fully saturated rings. The Morgan fingerprint density at radius 3 is 1.44 bits per heavy atom. The second-order valence-electron chi connectivity index (χ2n) is 10.3. The van der Waals surface area contributed by atoms with Crippen molar-refractivity contribution in [3.05, 3.63) is 0 Å². The van der Waals surface area contributed by atoms with Gasteiger partial charge in [-0.25, -0.2) is 0 Å². The minimum absolute atomic E-state index is 0.0488. The van der Waals surface area contributed by atoms with Crippen molar-refractivity contribution in [2.75, 3.05) is 0 Å². The lowest BCUT2D eigenvalue weighted by molar-refractivity contribution is 0.176. The molecule has 0 aromatic carbocycles. The summed E-state index contributed by atoms with van der Waals surface area (Å²) in [5, 5.41) is 0.0488. The SMILES string of the molecule is [B]C1(CCCCCCC)CCCCCCCCCCCCCCCC1(C)C. The van der Waals surface area contributed by atoms with Gasteiger partial charge in [-0.05, 0) is 11.8 Å². The molecule has 0 aromatic heterocycles. The Labute approximate surface area is 174 Å². The van der Waals surface area contributed by atoms with E-state index in [9.17, 15) is 0 Å². The van der Waals surface area contributed by atoms with Crippen molar-refractivity contribution >= 4 is 7.85 Å². The molecule has 1 heteroatoms. The molecule has 27 heavy (non-hydrogen) atoms. The van der Waals surface area contributed by atoms with Crippen molar-refractivity contribution in [2.45, 2.75) is 161 Å². The van der Waals surface area contributed by atoms with Gasteiger partial charge in [-0.3, -0.25) is 0 Å². The Morgan fingerprint density at radius 1 is 0.556 bits per heavy atom. The molecule has 1 unspecified atom stereocenters. The van der Waals surface area contributed by atoms with Gasteiger partial charge in [0.25, 0.3) is 0 Å². The molecule has 1 atom stereocenters. The summed E-state index contributed by atoms with van der Waals surface area (Å²) in [4.78, 5) is 0. The smallest absolute Gasteiger partial charge is 0.0654 e. The monoisotopic (exact) mass is 374 g/mol. The van der Waals surface area contributed by atoms with E-state index in [0.29, 0.717) is 0 Å². The zero-order valence-corrected chi connectivity index (χ0v) is 19.4. The van der Waals surface area contributed by atoms with E-state index in [0.717, 1.165) is 0 Å². The standard InChI is InChI=1S/C26H51B/c1-4-5-6-16-20-23-26(27)24-21-18-15-13-11-9-7-8-10-12-14-17-19-22-25(26,2)3/h4-24H2,1-3H3. The van der Waals surface area contributed by atoms with Crippen LogP contribution >= 0.6 is 0 Å². The highest BCUT2D eigenvalue weighted by Gasteiger charge is 2.38. The summed E-state index contributed by atoms with van der Waals surface area (Å²) in [5.41, 5.74) is 0.283. The molecule has 0 N–H and O–H groups in total. The molecule has 0 bridgehead atoms. The highest BCUT2D eigenvalue weighted by atomic mass is 14.4. The van der Waals surface area contributed by atoms with Gasteiger partial charge in [-0.15, -0.1) is 0 Å². The highest BCUT2D eigenvalue weighted by molar-refractivity contribution is 6.15. The largest absolute Gasteiger partial charge is 0.0753 e. The molecule has 0 saturated heterocycles. The van der Waals surface area contributed by atoms with Gasteiger partial charge in [-0.2, -0.15) is 0 Å². The van der Waals surface area contributed by atoms with Crippen molar-refractivity contribution < 1.29 is 0 Å². The van der Waals surface area contributed by atoms with Crippen LogP contribution in [0.25, 0.3) is 0 Å². The molecule has 0 nitrogen and oxygen atoms in total.